The van der Waals surface area contributed by atoms with Crippen LogP contribution in [0.3, 0.4) is 0 Å². The maximum absolute atomic E-state index is 9.69. The molecule has 10 heteroatoms. The van der Waals surface area contributed by atoms with E-state index in [1.165, 1.54) is 7.11 Å². The zero-order valence-corrected chi connectivity index (χ0v) is 21.6. The molecular formula is C17H32AcO9. The van der Waals surface area contributed by atoms with E-state index >= 15 is 0 Å². The SMILES string of the molecule is COC1COC(C)[C@H](O[C@@H]2OC(CO)[C@H](OC)C(OC)C2OC)C1OC.[Ac]. The van der Waals surface area contributed by atoms with Crippen LogP contribution in [0.2, 0.25) is 0 Å². The monoisotopic (exact) mass is 607 g/mol. The van der Waals surface area contributed by atoms with Crippen LogP contribution in [-0.4, -0.2) is 109 Å². The molecule has 0 aromatic carbocycles. The number of hydrogen-bond donors (Lipinski definition) is 1. The summed E-state index contributed by atoms with van der Waals surface area (Å²) in [4.78, 5) is 0. The summed E-state index contributed by atoms with van der Waals surface area (Å²) < 4.78 is 45.6. The summed E-state index contributed by atoms with van der Waals surface area (Å²) in [6.45, 7) is 2.09. The smallest absolute Gasteiger partial charge is 0.187 e. The molecule has 157 valence electrons. The molecule has 0 saturated carbocycles. The molecule has 2 fully saturated rings. The van der Waals surface area contributed by atoms with Crippen molar-refractivity contribution in [2.75, 3.05) is 48.8 Å². The van der Waals surface area contributed by atoms with E-state index in [4.69, 9.17) is 37.9 Å². The zero-order valence-electron chi connectivity index (χ0n) is 16.9. The van der Waals surface area contributed by atoms with Gasteiger partial charge in [0.2, 0.25) is 0 Å². The molecule has 1 N–H and O–H groups in total. The Morgan fingerprint density at radius 3 is 1.89 bits per heavy atom. The molecule has 0 aromatic heterocycles. The summed E-state index contributed by atoms with van der Waals surface area (Å²) in [6.07, 6.45) is -4.19. The number of aliphatic hydroxyl groups is 1. The molecule has 2 aliphatic rings. The standard InChI is InChI=1S/C17H32O9.Ac/c1-9-12(14(21-4)11(19-2)8-24-9)26-17-16(23-6)15(22-5)13(20-3)10(7-18)25-17;/h9-18H,7-8H2,1-6H3;/t9?,10?,11?,12-,13-,14?,15?,16?,17-;/m0./s1. The molecule has 2 heterocycles. The van der Waals surface area contributed by atoms with Crippen LogP contribution in [0, 0.1) is 44.1 Å². The van der Waals surface area contributed by atoms with Gasteiger partial charge < -0.3 is 43.0 Å². The Balaban J connectivity index is 0.00000364. The van der Waals surface area contributed by atoms with Gasteiger partial charge in [0, 0.05) is 79.6 Å². The van der Waals surface area contributed by atoms with Crippen molar-refractivity contribution in [3.8, 4) is 0 Å². The number of methoxy groups -OCH3 is 5. The van der Waals surface area contributed by atoms with Gasteiger partial charge in [0.1, 0.15) is 42.7 Å². The Kier molecular flexibility index (Phi) is 12.3. The second-order valence-electron chi connectivity index (χ2n) is 6.44. The quantitative estimate of drug-likeness (QED) is 0.395. The third-order valence-corrected chi connectivity index (χ3v) is 5.13. The van der Waals surface area contributed by atoms with Crippen molar-refractivity contribution >= 4 is 0 Å². The normalized spacial score (nSPS) is 42.6. The van der Waals surface area contributed by atoms with E-state index < -0.39 is 36.8 Å². The van der Waals surface area contributed by atoms with Gasteiger partial charge in [-0.15, -0.1) is 0 Å². The largest absolute Gasteiger partial charge is 0.394 e. The number of rotatable bonds is 8. The first-order valence-electron chi connectivity index (χ1n) is 8.73. The van der Waals surface area contributed by atoms with Gasteiger partial charge in [-0.25, -0.2) is 0 Å². The van der Waals surface area contributed by atoms with Crippen LogP contribution in [0.4, 0.5) is 0 Å². The van der Waals surface area contributed by atoms with Crippen molar-refractivity contribution in [2.45, 2.75) is 62.0 Å². The number of hydrogen-bond acceptors (Lipinski definition) is 9. The van der Waals surface area contributed by atoms with Gasteiger partial charge in [-0.2, -0.15) is 0 Å². The number of ether oxygens (including phenoxy) is 8. The van der Waals surface area contributed by atoms with E-state index in [0.717, 1.165) is 0 Å². The fraction of sp³-hybridized carbons (Fsp3) is 1.00. The minimum Gasteiger partial charge on any atom is -0.394 e. The minimum atomic E-state index is -0.794. The predicted molar refractivity (Wildman–Crippen MR) is 90.0 cm³/mol. The van der Waals surface area contributed by atoms with Crippen molar-refractivity contribution in [2.24, 2.45) is 0 Å². The Hall–Kier alpha value is 1.08. The Morgan fingerprint density at radius 2 is 1.41 bits per heavy atom. The third-order valence-electron chi connectivity index (χ3n) is 5.13. The summed E-state index contributed by atoms with van der Waals surface area (Å²) >= 11 is 0. The second kappa shape index (κ2) is 12.7. The van der Waals surface area contributed by atoms with Crippen LogP contribution in [0.1, 0.15) is 6.92 Å². The molecule has 9 atom stereocenters. The van der Waals surface area contributed by atoms with Crippen LogP contribution in [0.25, 0.3) is 0 Å². The molecule has 9 nitrogen and oxygen atoms in total. The second-order valence-corrected chi connectivity index (χ2v) is 6.44. The van der Waals surface area contributed by atoms with Crippen LogP contribution >= 0.6 is 0 Å². The fourth-order valence-corrected chi connectivity index (χ4v) is 3.68. The van der Waals surface area contributed by atoms with Gasteiger partial charge in [-0.3, -0.25) is 0 Å². The van der Waals surface area contributed by atoms with Gasteiger partial charge >= 0.3 is 0 Å². The van der Waals surface area contributed by atoms with Gasteiger partial charge in [-0.05, 0) is 6.92 Å². The fourth-order valence-electron chi connectivity index (χ4n) is 3.68. The Labute approximate surface area is 196 Å². The first-order chi connectivity index (χ1) is 12.6. The van der Waals surface area contributed by atoms with Crippen LogP contribution in [0.5, 0.6) is 0 Å². The molecule has 0 aliphatic carbocycles. The average molecular weight is 607 g/mol. The molecular weight excluding hydrogens is 575 g/mol. The Morgan fingerprint density at radius 1 is 0.815 bits per heavy atom. The average Bonchev–Trinajstić information content (AvgIpc) is 2.67. The third kappa shape index (κ3) is 5.82. The van der Waals surface area contributed by atoms with Crippen molar-refractivity contribution in [1.82, 2.24) is 0 Å². The summed E-state index contributed by atoms with van der Waals surface area (Å²) in [5.41, 5.74) is 0. The van der Waals surface area contributed by atoms with E-state index in [1.807, 2.05) is 6.92 Å². The molecule has 0 amide bonds. The van der Waals surface area contributed by atoms with Crippen molar-refractivity contribution in [1.29, 1.82) is 0 Å². The Bertz CT molecular complexity index is 416. The number of aliphatic hydroxyl groups excluding tert-OH is 1. The molecule has 27 heavy (non-hydrogen) atoms. The first kappa shape index (κ1) is 26.1. The topological polar surface area (TPSA) is 94.1 Å². The van der Waals surface area contributed by atoms with Gasteiger partial charge in [0.25, 0.3) is 0 Å². The van der Waals surface area contributed by atoms with E-state index in [0.29, 0.717) is 6.61 Å². The van der Waals surface area contributed by atoms with Gasteiger partial charge in [0.15, 0.2) is 6.29 Å². The summed E-state index contributed by atoms with van der Waals surface area (Å²) in [7, 11) is 7.86. The van der Waals surface area contributed by atoms with E-state index in [1.54, 1.807) is 28.4 Å². The van der Waals surface area contributed by atoms with Crippen LogP contribution in [-0.2, 0) is 37.9 Å². The van der Waals surface area contributed by atoms with E-state index in [9.17, 15) is 5.11 Å². The summed E-state index contributed by atoms with van der Waals surface area (Å²) in [5, 5.41) is 9.69. The van der Waals surface area contributed by atoms with E-state index in [2.05, 4.69) is 0 Å². The molecule has 2 aliphatic heterocycles. The molecule has 2 saturated heterocycles. The van der Waals surface area contributed by atoms with Crippen LogP contribution < -0.4 is 0 Å². The van der Waals surface area contributed by atoms with E-state index in [-0.39, 0.29) is 69.0 Å². The molecule has 0 bridgehead atoms. The van der Waals surface area contributed by atoms with Gasteiger partial charge in [-0.1, -0.05) is 0 Å². The summed E-state index contributed by atoms with van der Waals surface area (Å²) in [5.74, 6) is 0. The van der Waals surface area contributed by atoms with Gasteiger partial charge in [0.05, 0.1) is 19.3 Å². The summed E-state index contributed by atoms with van der Waals surface area (Å²) in [6, 6.07) is 0. The van der Waals surface area contributed by atoms with Crippen molar-refractivity contribution in [3.63, 3.8) is 0 Å². The minimum absolute atomic E-state index is 0. The first-order valence-corrected chi connectivity index (χ1v) is 8.73. The maximum Gasteiger partial charge on any atom is 0.187 e. The molecule has 2 rings (SSSR count). The van der Waals surface area contributed by atoms with Crippen LogP contribution in [0.15, 0.2) is 0 Å². The molecule has 6 unspecified atom stereocenters. The van der Waals surface area contributed by atoms with Crippen molar-refractivity contribution in [3.05, 3.63) is 0 Å². The van der Waals surface area contributed by atoms with Crippen molar-refractivity contribution < 1.29 is 87.1 Å². The predicted octanol–water partition coefficient (Wildman–Crippen LogP) is -0.417. The molecule has 1 radical (unpaired) electrons. The zero-order chi connectivity index (χ0) is 19.3. The molecule has 0 spiro atoms. The molecule has 0 aromatic rings. The maximum atomic E-state index is 9.69.